The number of halogens is 1. The molecule has 0 radical (unpaired) electrons. The van der Waals surface area contributed by atoms with Crippen LogP contribution in [0.15, 0.2) is 22.9 Å². The quantitative estimate of drug-likeness (QED) is 0.286. The molecule has 0 aromatic rings. The first kappa shape index (κ1) is 9.60. The van der Waals surface area contributed by atoms with Crippen molar-refractivity contribution in [3.05, 3.63) is 38.5 Å². The third-order valence-corrected chi connectivity index (χ3v) is 1.77. The monoisotopic (exact) mass is 201 g/mol. The number of aliphatic hydroxyl groups is 1. The number of hydrogen-bond acceptors (Lipinski definition) is 3. The highest BCUT2D eigenvalue weighted by atomic mass is 35.5. The Hall–Kier alpha value is -1.49. The lowest BCUT2D eigenvalue weighted by molar-refractivity contribution is -0.418. The summed E-state index contributed by atoms with van der Waals surface area (Å²) in [6.45, 7) is 0. The van der Waals surface area contributed by atoms with Crippen molar-refractivity contribution in [2.45, 2.75) is 6.10 Å². The van der Waals surface area contributed by atoms with Gasteiger partial charge in [0.25, 0.3) is 0 Å². The average molecular weight is 202 g/mol. The standard InChI is InChI=1S/C6H4ClN3O3/c7-3-1-2-4(11)5(9-8)6(3)10(12)13/h1-2,4,11H. The minimum atomic E-state index is -1.30. The van der Waals surface area contributed by atoms with Gasteiger partial charge in [0.05, 0.1) is 4.92 Å². The van der Waals surface area contributed by atoms with Gasteiger partial charge < -0.3 is 10.6 Å². The van der Waals surface area contributed by atoms with Gasteiger partial charge in [0.1, 0.15) is 5.03 Å². The van der Waals surface area contributed by atoms with Crippen molar-refractivity contribution in [3.8, 4) is 0 Å². The van der Waals surface area contributed by atoms with Gasteiger partial charge in [-0.1, -0.05) is 11.6 Å². The molecule has 0 saturated heterocycles. The molecular weight excluding hydrogens is 198 g/mol. The van der Waals surface area contributed by atoms with Gasteiger partial charge in [-0.25, -0.2) is 0 Å². The summed E-state index contributed by atoms with van der Waals surface area (Å²) in [7, 11) is 0. The Balaban J connectivity index is 3.31. The second kappa shape index (κ2) is 3.49. The van der Waals surface area contributed by atoms with E-state index in [0.29, 0.717) is 0 Å². The molecule has 0 aliphatic heterocycles. The molecule has 0 saturated carbocycles. The predicted octanol–water partition coefficient (Wildman–Crippen LogP) is 0.315. The van der Waals surface area contributed by atoms with Crippen molar-refractivity contribution in [2.24, 2.45) is 0 Å². The van der Waals surface area contributed by atoms with Crippen LogP contribution in [0.3, 0.4) is 0 Å². The largest absolute Gasteiger partial charge is 0.401 e. The molecule has 1 N–H and O–H groups in total. The predicted molar refractivity (Wildman–Crippen MR) is 43.6 cm³/mol. The Morgan fingerprint density at radius 2 is 2.38 bits per heavy atom. The molecular formula is C6H4ClN3O3. The van der Waals surface area contributed by atoms with Crippen LogP contribution in [0.2, 0.25) is 0 Å². The van der Waals surface area contributed by atoms with Crippen LogP contribution in [-0.2, 0) is 0 Å². The number of nitrogens with zero attached hydrogens (tertiary/aromatic N) is 3. The van der Waals surface area contributed by atoms with Gasteiger partial charge in [-0.3, -0.25) is 10.1 Å². The molecule has 0 spiro atoms. The minimum absolute atomic E-state index is 0.178. The number of rotatable bonds is 1. The van der Waals surface area contributed by atoms with Crippen LogP contribution >= 0.6 is 11.6 Å². The maximum absolute atomic E-state index is 10.4. The molecule has 1 atom stereocenters. The number of hydrogen-bond donors (Lipinski definition) is 1. The Morgan fingerprint density at radius 1 is 1.77 bits per heavy atom. The van der Waals surface area contributed by atoms with Crippen LogP contribution in [0.25, 0.3) is 5.53 Å². The summed E-state index contributed by atoms with van der Waals surface area (Å²) in [6, 6.07) is 0. The second-order valence-corrected chi connectivity index (χ2v) is 2.65. The zero-order chi connectivity index (χ0) is 10.0. The zero-order valence-corrected chi connectivity index (χ0v) is 6.97. The Morgan fingerprint density at radius 3 is 2.77 bits per heavy atom. The van der Waals surface area contributed by atoms with Crippen LogP contribution < -0.4 is 0 Å². The molecule has 1 unspecified atom stereocenters. The van der Waals surface area contributed by atoms with Crippen LogP contribution in [0, 0.1) is 10.1 Å². The molecule has 0 aromatic heterocycles. The first-order valence-corrected chi connectivity index (χ1v) is 3.58. The first-order chi connectivity index (χ1) is 6.07. The van der Waals surface area contributed by atoms with E-state index in [9.17, 15) is 10.1 Å². The second-order valence-electron chi connectivity index (χ2n) is 2.24. The van der Waals surface area contributed by atoms with Crippen molar-refractivity contribution in [1.29, 1.82) is 0 Å². The molecule has 7 heteroatoms. The SMILES string of the molecule is [N-]=[N+]=C1C([N+](=O)[O-])=C(Cl)C=CC1O. The molecule has 1 rings (SSSR count). The van der Waals surface area contributed by atoms with Crippen molar-refractivity contribution in [2.75, 3.05) is 0 Å². The fourth-order valence-electron chi connectivity index (χ4n) is 0.895. The lowest BCUT2D eigenvalue weighted by Crippen LogP contribution is -2.28. The maximum Gasteiger partial charge on any atom is 0.401 e. The summed E-state index contributed by atoms with van der Waals surface area (Å²) < 4.78 is 0. The summed E-state index contributed by atoms with van der Waals surface area (Å²) in [5.74, 6) is 0. The van der Waals surface area contributed by atoms with E-state index in [4.69, 9.17) is 22.2 Å². The van der Waals surface area contributed by atoms with E-state index >= 15 is 0 Å². The topological polar surface area (TPSA) is 99.8 Å². The summed E-state index contributed by atoms with van der Waals surface area (Å²) >= 11 is 5.46. The van der Waals surface area contributed by atoms with Gasteiger partial charge in [-0.15, -0.1) is 0 Å². The van der Waals surface area contributed by atoms with E-state index in [-0.39, 0.29) is 5.03 Å². The number of allylic oxidation sites excluding steroid dienone is 2. The maximum atomic E-state index is 10.4. The summed E-state index contributed by atoms with van der Waals surface area (Å²) in [4.78, 5) is 12.2. The highest BCUT2D eigenvalue weighted by Crippen LogP contribution is 2.19. The van der Waals surface area contributed by atoms with Crippen molar-refractivity contribution >= 4 is 17.3 Å². The summed E-state index contributed by atoms with van der Waals surface area (Å²) in [5.41, 5.74) is 7.35. The fourth-order valence-corrected chi connectivity index (χ4v) is 1.13. The van der Waals surface area contributed by atoms with Crippen LogP contribution in [0.1, 0.15) is 0 Å². The summed E-state index contributed by atoms with van der Waals surface area (Å²) in [5, 5.41) is 19.4. The normalized spacial score (nSPS) is 21.7. The van der Waals surface area contributed by atoms with Crippen molar-refractivity contribution < 1.29 is 14.8 Å². The smallest absolute Gasteiger partial charge is 0.377 e. The highest BCUT2D eigenvalue weighted by molar-refractivity contribution is 6.34. The van der Waals surface area contributed by atoms with Crippen LogP contribution in [-0.4, -0.2) is 26.6 Å². The third kappa shape index (κ3) is 1.65. The van der Waals surface area contributed by atoms with Crippen LogP contribution in [0.5, 0.6) is 0 Å². The van der Waals surface area contributed by atoms with Gasteiger partial charge in [-0.2, -0.15) is 4.79 Å². The Bertz CT molecular complexity index is 367. The molecule has 68 valence electrons. The van der Waals surface area contributed by atoms with Crippen LogP contribution in [0.4, 0.5) is 0 Å². The van der Waals surface area contributed by atoms with Gasteiger partial charge in [0, 0.05) is 0 Å². The molecule has 0 fully saturated rings. The van der Waals surface area contributed by atoms with Gasteiger partial charge in [-0.05, 0) is 12.2 Å². The van der Waals surface area contributed by atoms with E-state index in [1.165, 1.54) is 12.2 Å². The van der Waals surface area contributed by atoms with Crippen molar-refractivity contribution in [1.82, 2.24) is 0 Å². The van der Waals surface area contributed by atoms with E-state index in [1.807, 2.05) is 0 Å². The van der Waals surface area contributed by atoms with E-state index in [1.54, 1.807) is 0 Å². The molecule has 13 heavy (non-hydrogen) atoms. The molecule has 0 bridgehead atoms. The zero-order valence-electron chi connectivity index (χ0n) is 6.22. The average Bonchev–Trinajstić information content (AvgIpc) is 2.07. The van der Waals surface area contributed by atoms with E-state index in [2.05, 4.69) is 4.79 Å². The lowest BCUT2D eigenvalue weighted by atomic mass is 10.1. The summed E-state index contributed by atoms with van der Waals surface area (Å²) in [6.07, 6.45) is 1.07. The van der Waals surface area contributed by atoms with Gasteiger partial charge in [0.15, 0.2) is 6.10 Å². The van der Waals surface area contributed by atoms with Gasteiger partial charge in [0.2, 0.25) is 0 Å². The van der Waals surface area contributed by atoms with E-state index < -0.39 is 22.4 Å². The molecule has 1 aliphatic carbocycles. The Labute approximate surface area is 77.5 Å². The number of aliphatic hydroxyl groups excluding tert-OH is 1. The molecule has 6 nitrogen and oxygen atoms in total. The van der Waals surface area contributed by atoms with Gasteiger partial charge >= 0.3 is 11.4 Å². The minimum Gasteiger partial charge on any atom is -0.377 e. The first-order valence-electron chi connectivity index (χ1n) is 3.20. The van der Waals surface area contributed by atoms with E-state index in [0.717, 1.165) is 0 Å². The third-order valence-electron chi connectivity index (χ3n) is 1.46. The lowest BCUT2D eigenvalue weighted by Gasteiger charge is -2.04. The number of nitro groups is 1. The molecule has 0 amide bonds. The molecule has 0 heterocycles. The van der Waals surface area contributed by atoms with Crippen molar-refractivity contribution in [3.63, 3.8) is 0 Å². The fraction of sp³-hybridized carbons (Fsp3) is 0.167. The molecule has 0 aromatic carbocycles. The Kier molecular flexibility index (Phi) is 2.57. The highest BCUT2D eigenvalue weighted by Gasteiger charge is 2.38. The molecule has 1 aliphatic rings.